The second-order valence-corrected chi connectivity index (χ2v) is 3.43. The summed E-state index contributed by atoms with van der Waals surface area (Å²) in [4.78, 5) is 16.8. The highest BCUT2D eigenvalue weighted by atomic mass is 31.2. The number of hydrogen-bond donors (Lipinski definition) is 3. The molecule has 1 heterocycles. The molecule has 0 fully saturated rings. The molecule has 6 nitrogen and oxygen atoms in total. The van der Waals surface area contributed by atoms with Gasteiger partial charge in [-0.1, -0.05) is 5.21 Å². The minimum Gasteiger partial charge on any atom is -0.324 e. The Morgan fingerprint density at radius 3 is 2.80 bits per heavy atom. The predicted molar refractivity (Wildman–Crippen MR) is 32.1 cm³/mol. The van der Waals surface area contributed by atoms with Gasteiger partial charge in [0, 0.05) is 6.20 Å². The average molecular weight is 163 g/mol. The largest absolute Gasteiger partial charge is 0.331 e. The summed E-state index contributed by atoms with van der Waals surface area (Å²) in [6.07, 6.45) is 0.989. The molecule has 0 atom stereocenters. The van der Waals surface area contributed by atoms with Gasteiger partial charge in [0.2, 0.25) is 0 Å². The third-order valence-electron chi connectivity index (χ3n) is 0.835. The van der Waals surface area contributed by atoms with Gasteiger partial charge in [-0.25, -0.2) is 0 Å². The maximum absolute atomic E-state index is 10.3. The number of hydrogen-bond acceptors (Lipinski definition) is 3. The molecule has 1 aromatic rings. The van der Waals surface area contributed by atoms with Crippen LogP contribution in [-0.4, -0.2) is 25.2 Å². The topological polar surface area (TPSA) is 99.1 Å². The summed E-state index contributed by atoms with van der Waals surface area (Å²) in [5.41, 5.74) is 0.272. The Morgan fingerprint density at radius 2 is 2.40 bits per heavy atom. The zero-order valence-corrected chi connectivity index (χ0v) is 5.82. The highest BCUT2D eigenvalue weighted by Gasteiger charge is 2.15. The van der Waals surface area contributed by atoms with Crippen LogP contribution in [0.5, 0.6) is 0 Å². The fourth-order valence-corrected chi connectivity index (χ4v) is 1.09. The van der Waals surface area contributed by atoms with E-state index >= 15 is 0 Å². The number of H-pyrrole nitrogens is 1. The van der Waals surface area contributed by atoms with Crippen molar-refractivity contribution >= 4 is 7.60 Å². The van der Waals surface area contributed by atoms with Gasteiger partial charge in [-0.3, -0.25) is 9.66 Å². The normalized spacial score (nSPS) is 11.8. The van der Waals surface area contributed by atoms with Crippen molar-refractivity contribution < 1.29 is 14.4 Å². The van der Waals surface area contributed by atoms with E-state index in [-0.39, 0.29) is 11.9 Å². The molecule has 0 bridgehead atoms. The highest BCUT2D eigenvalue weighted by molar-refractivity contribution is 7.50. The number of nitrogens with zero attached hydrogens (tertiary/aromatic N) is 2. The zero-order chi connectivity index (χ0) is 7.61. The molecule has 1 rings (SSSR count). The maximum atomic E-state index is 10.3. The molecule has 0 unspecified atom stereocenters. The van der Waals surface area contributed by atoms with E-state index in [1.54, 1.807) is 0 Å². The quantitative estimate of drug-likeness (QED) is 0.509. The molecule has 0 aliphatic carbocycles. The van der Waals surface area contributed by atoms with Crippen molar-refractivity contribution in [3.63, 3.8) is 0 Å². The average Bonchev–Trinajstić information content (AvgIpc) is 2.12. The van der Waals surface area contributed by atoms with Gasteiger partial charge in [0.05, 0.1) is 11.9 Å². The van der Waals surface area contributed by atoms with Crippen LogP contribution in [0.2, 0.25) is 0 Å². The van der Waals surface area contributed by atoms with Crippen LogP contribution in [0.25, 0.3) is 0 Å². The lowest BCUT2D eigenvalue weighted by molar-refractivity contribution is 0.371. The van der Waals surface area contributed by atoms with Crippen molar-refractivity contribution in [2.75, 3.05) is 0 Å². The van der Waals surface area contributed by atoms with Crippen LogP contribution in [0.4, 0.5) is 0 Å². The van der Waals surface area contributed by atoms with Crippen LogP contribution in [0.1, 0.15) is 5.69 Å². The van der Waals surface area contributed by atoms with Crippen LogP contribution in [0.15, 0.2) is 6.20 Å². The summed E-state index contributed by atoms with van der Waals surface area (Å²) in [6, 6.07) is 0. The Labute approximate surface area is 56.4 Å². The van der Waals surface area contributed by atoms with Gasteiger partial charge < -0.3 is 9.79 Å². The summed E-state index contributed by atoms with van der Waals surface area (Å²) in [5.74, 6) is 0. The van der Waals surface area contributed by atoms with E-state index in [1.807, 2.05) is 0 Å². The SMILES string of the molecule is O=P(O)(O)Cc1c[nH]nn1. The minimum atomic E-state index is -3.98. The Bertz CT molecular complexity index is 240. The fraction of sp³-hybridized carbons (Fsp3) is 0.333. The summed E-state index contributed by atoms with van der Waals surface area (Å²) in [5, 5.41) is 9.04. The molecule has 0 radical (unpaired) electrons. The van der Waals surface area contributed by atoms with Gasteiger partial charge >= 0.3 is 7.60 Å². The molecule has 3 N–H and O–H groups in total. The summed E-state index contributed by atoms with van der Waals surface area (Å²) >= 11 is 0. The third-order valence-corrected chi connectivity index (χ3v) is 1.57. The van der Waals surface area contributed by atoms with Crippen LogP contribution in [0.3, 0.4) is 0 Å². The summed E-state index contributed by atoms with van der Waals surface area (Å²) in [6.45, 7) is 0. The Kier molecular flexibility index (Phi) is 1.85. The molecule has 7 heteroatoms. The van der Waals surface area contributed by atoms with Crippen molar-refractivity contribution in [2.24, 2.45) is 0 Å². The fourth-order valence-electron chi connectivity index (χ4n) is 0.514. The van der Waals surface area contributed by atoms with Gasteiger partial charge in [-0.2, -0.15) is 0 Å². The van der Waals surface area contributed by atoms with Crippen LogP contribution in [0, 0.1) is 0 Å². The van der Waals surface area contributed by atoms with Crippen molar-refractivity contribution in [3.8, 4) is 0 Å². The molecule has 0 aliphatic rings. The Morgan fingerprint density at radius 1 is 1.70 bits per heavy atom. The molecule has 0 saturated carbocycles. The number of aromatic nitrogens is 3. The lowest BCUT2D eigenvalue weighted by Gasteiger charge is -1.97. The Balaban J connectivity index is 2.66. The van der Waals surface area contributed by atoms with Gasteiger partial charge in [0.25, 0.3) is 0 Å². The van der Waals surface area contributed by atoms with E-state index in [2.05, 4.69) is 15.4 Å². The Hall–Kier alpha value is -0.710. The lowest BCUT2D eigenvalue weighted by atomic mass is 10.6. The first-order valence-electron chi connectivity index (χ1n) is 2.48. The molecule has 0 saturated heterocycles. The van der Waals surface area contributed by atoms with Crippen LogP contribution >= 0.6 is 7.60 Å². The standard InChI is InChI=1S/C3H6N3O3P/c7-10(8,9)2-3-1-4-6-5-3/h1H,2H2,(H,4,5,6)(H2,7,8,9). The van der Waals surface area contributed by atoms with E-state index in [0.29, 0.717) is 0 Å². The minimum absolute atomic E-state index is 0.272. The molecule has 0 amide bonds. The second kappa shape index (κ2) is 2.49. The van der Waals surface area contributed by atoms with E-state index in [4.69, 9.17) is 9.79 Å². The van der Waals surface area contributed by atoms with Crippen molar-refractivity contribution in [3.05, 3.63) is 11.9 Å². The number of aromatic amines is 1. The van der Waals surface area contributed by atoms with Gasteiger partial charge in [0.15, 0.2) is 0 Å². The van der Waals surface area contributed by atoms with Crippen LogP contribution in [-0.2, 0) is 10.7 Å². The second-order valence-electron chi connectivity index (χ2n) is 1.79. The molecule has 56 valence electrons. The summed E-state index contributed by atoms with van der Waals surface area (Å²) < 4.78 is 10.3. The predicted octanol–water partition coefficient (Wildman–Crippen LogP) is -0.518. The van der Waals surface area contributed by atoms with Crippen molar-refractivity contribution in [2.45, 2.75) is 6.16 Å². The number of nitrogens with one attached hydrogen (secondary N) is 1. The first-order valence-corrected chi connectivity index (χ1v) is 4.27. The first kappa shape index (κ1) is 7.40. The van der Waals surface area contributed by atoms with E-state index in [1.165, 1.54) is 6.20 Å². The van der Waals surface area contributed by atoms with Gasteiger partial charge in [-0.05, 0) is 0 Å². The van der Waals surface area contributed by atoms with Crippen molar-refractivity contribution in [1.29, 1.82) is 0 Å². The van der Waals surface area contributed by atoms with E-state index in [9.17, 15) is 4.57 Å². The molecular weight excluding hydrogens is 157 g/mol. The third kappa shape index (κ3) is 2.26. The van der Waals surface area contributed by atoms with Crippen LogP contribution < -0.4 is 0 Å². The maximum Gasteiger partial charge on any atom is 0.331 e. The van der Waals surface area contributed by atoms with E-state index < -0.39 is 7.60 Å². The van der Waals surface area contributed by atoms with Gasteiger partial charge in [0.1, 0.15) is 0 Å². The zero-order valence-electron chi connectivity index (χ0n) is 4.93. The molecule has 0 spiro atoms. The lowest BCUT2D eigenvalue weighted by Crippen LogP contribution is -1.86. The molecular formula is C3H6N3O3P. The smallest absolute Gasteiger partial charge is 0.324 e. The summed E-state index contributed by atoms with van der Waals surface area (Å²) in [7, 11) is -3.98. The molecule has 0 aromatic carbocycles. The first-order chi connectivity index (χ1) is 4.58. The highest BCUT2D eigenvalue weighted by Crippen LogP contribution is 2.37. The van der Waals surface area contributed by atoms with Crippen molar-refractivity contribution in [1.82, 2.24) is 15.4 Å². The molecule has 1 aromatic heterocycles. The number of rotatable bonds is 2. The molecule has 0 aliphatic heterocycles. The van der Waals surface area contributed by atoms with E-state index in [0.717, 1.165) is 0 Å². The molecule has 10 heavy (non-hydrogen) atoms. The van der Waals surface area contributed by atoms with Gasteiger partial charge in [-0.15, -0.1) is 5.10 Å². The monoisotopic (exact) mass is 163 g/mol.